The summed E-state index contributed by atoms with van der Waals surface area (Å²) in [5.41, 5.74) is -2.44. The molecule has 0 radical (unpaired) electrons. The zero-order valence-corrected chi connectivity index (χ0v) is 20.0. The average Bonchev–Trinajstić information content (AvgIpc) is 3.26. The van der Waals surface area contributed by atoms with Crippen molar-refractivity contribution in [2.75, 3.05) is 0 Å². The van der Waals surface area contributed by atoms with E-state index in [9.17, 15) is 13.7 Å². The van der Waals surface area contributed by atoms with E-state index in [-0.39, 0.29) is 10.8 Å². The lowest BCUT2D eigenvalue weighted by Gasteiger charge is -2.19. The first-order valence-electron chi connectivity index (χ1n) is 24.0. The summed E-state index contributed by atoms with van der Waals surface area (Å²) in [4.78, 5) is 0. The molecule has 0 saturated heterocycles. The maximum atomic E-state index is 9.59. The number of benzene rings is 9. The molecular formula is C40H24. The second-order valence-electron chi connectivity index (χ2n) is 9.00. The lowest BCUT2D eigenvalue weighted by molar-refractivity contribution is 1.66. The highest BCUT2D eigenvalue weighted by Crippen LogP contribution is 2.46. The van der Waals surface area contributed by atoms with Gasteiger partial charge in [-0.3, -0.25) is 0 Å². The molecule has 0 fully saturated rings. The molecular weight excluding hydrogens is 480 g/mol. The minimum absolute atomic E-state index is 0.371. The maximum Gasteiger partial charge on any atom is 0.0636 e. The van der Waals surface area contributed by atoms with Crippen LogP contribution in [0.5, 0.6) is 0 Å². The Morgan fingerprint density at radius 2 is 0.875 bits per heavy atom. The smallest absolute Gasteiger partial charge is 0.0622 e. The molecule has 40 heavy (non-hydrogen) atoms. The van der Waals surface area contributed by atoms with Crippen LogP contribution in [0.25, 0.3) is 86.9 Å². The SMILES string of the molecule is [2H]c1c([2H])c([2H])c(-c2c([2H])c([2H])c3c([2H])c([2H])c4c(-c5c6c([2H])c([2H])c([2H])c([2H])c6c([2H])c6c5c([2H])c([2H])c5c([2H])c([2H])c([2H])c([2H])c56)c([2H])c([2H])c5c([2H])c([2H])c2c3c54)c([2H])c1[2H]. The average molecular weight is 529 g/mol. The summed E-state index contributed by atoms with van der Waals surface area (Å²) in [6.45, 7) is 0. The third-order valence-electron chi connectivity index (χ3n) is 6.94. The van der Waals surface area contributed by atoms with Gasteiger partial charge in [0.15, 0.2) is 0 Å². The van der Waals surface area contributed by atoms with Crippen molar-refractivity contribution in [2.24, 2.45) is 0 Å². The van der Waals surface area contributed by atoms with Crippen LogP contribution in [0.4, 0.5) is 0 Å². The van der Waals surface area contributed by atoms with Gasteiger partial charge in [-0.2, -0.15) is 0 Å². The number of hydrogen-bond donors (Lipinski definition) is 0. The minimum Gasteiger partial charge on any atom is -0.0622 e. The second kappa shape index (κ2) is 8.15. The number of hydrogen-bond acceptors (Lipinski definition) is 0. The van der Waals surface area contributed by atoms with Crippen molar-refractivity contribution in [2.45, 2.75) is 0 Å². The van der Waals surface area contributed by atoms with Gasteiger partial charge in [-0.05, 0) is 92.9 Å². The Labute approximate surface area is 265 Å². The molecule has 0 saturated carbocycles. The van der Waals surface area contributed by atoms with E-state index >= 15 is 0 Å². The summed E-state index contributed by atoms with van der Waals surface area (Å²) >= 11 is 0. The fourth-order valence-electron chi connectivity index (χ4n) is 5.25. The molecule has 0 spiro atoms. The van der Waals surface area contributed by atoms with Gasteiger partial charge in [0.25, 0.3) is 0 Å². The Hall–Kier alpha value is -5.20. The standard InChI is InChI=1S/C40H24/c1-2-8-25(9-3-1)31-19-15-27-17-22-34-35(23-18-28-16-21-33(31)38(27)39(28)34)40-32-13-7-5-11-29(32)24-37-30-12-6-4-10-26(30)14-20-36(37)40/h1-24H/i1D,2D,3D,4D,5D,6D,7D,8D,9D,10D,11D,12D,13D,14D,15D,16D,17D,18D,19D,20D,21D,22D,23D,24D. The van der Waals surface area contributed by atoms with Crippen molar-refractivity contribution in [3.8, 4) is 22.3 Å². The van der Waals surface area contributed by atoms with Gasteiger partial charge in [0.1, 0.15) is 0 Å². The molecule has 0 aliphatic heterocycles. The fourth-order valence-corrected chi connectivity index (χ4v) is 5.25. The first-order chi connectivity index (χ1) is 29.9. The highest BCUT2D eigenvalue weighted by molar-refractivity contribution is 6.30. The third kappa shape index (κ3) is 2.96. The molecule has 0 amide bonds. The van der Waals surface area contributed by atoms with Crippen molar-refractivity contribution in [1.29, 1.82) is 0 Å². The summed E-state index contributed by atoms with van der Waals surface area (Å²) in [5.74, 6) is 0. The Bertz CT molecular complexity index is 3730. The van der Waals surface area contributed by atoms with E-state index < -0.39 is 221 Å². The van der Waals surface area contributed by atoms with E-state index in [4.69, 9.17) is 19.2 Å². The molecule has 9 rings (SSSR count). The molecule has 0 N–H and O–H groups in total. The Morgan fingerprint density at radius 3 is 1.65 bits per heavy atom. The summed E-state index contributed by atoms with van der Waals surface area (Å²) in [6.07, 6.45) is 0. The van der Waals surface area contributed by atoms with Gasteiger partial charge < -0.3 is 0 Å². The zero-order valence-electron chi connectivity index (χ0n) is 44.0. The van der Waals surface area contributed by atoms with Crippen LogP contribution in [0, 0.1) is 0 Å². The van der Waals surface area contributed by atoms with E-state index in [1.54, 1.807) is 0 Å². The predicted molar refractivity (Wildman–Crippen MR) is 174 cm³/mol. The van der Waals surface area contributed by atoms with Crippen LogP contribution in [0.15, 0.2) is 145 Å². The topological polar surface area (TPSA) is 0 Å². The Balaban J connectivity index is 1.69. The van der Waals surface area contributed by atoms with Gasteiger partial charge >= 0.3 is 0 Å². The maximum absolute atomic E-state index is 9.59. The van der Waals surface area contributed by atoms with Crippen LogP contribution in [-0.4, -0.2) is 0 Å². The molecule has 0 heterocycles. The van der Waals surface area contributed by atoms with E-state index in [1.807, 2.05) is 0 Å². The van der Waals surface area contributed by atoms with Gasteiger partial charge in [-0.15, -0.1) is 0 Å². The van der Waals surface area contributed by atoms with Gasteiger partial charge in [0.05, 0.1) is 32.9 Å². The fraction of sp³-hybridized carbons (Fsp3) is 0. The number of fused-ring (bicyclic) bond motifs is 4. The Kier molecular flexibility index (Phi) is 1.82. The molecule has 0 aromatic heterocycles. The Morgan fingerprint density at radius 1 is 0.325 bits per heavy atom. The van der Waals surface area contributed by atoms with Crippen molar-refractivity contribution >= 4 is 64.6 Å². The van der Waals surface area contributed by atoms with Crippen LogP contribution >= 0.6 is 0 Å². The summed E-state index contributed by atoms with van der Waals surface area (Å²) in [7, 11) is 0. The molecule has 9 aromatic rings. The highest BCUT2D eigenvalue weighted by atomic mass is 14.2. The quantitative estimate of drug-likeness (QED) is 0.155. The van der Waals surface area contributed by atoms with Crippen LogP contribution in [0.1, 0.15) is 32.9 Å². The van der Waals surface area contributed by atoms with E-state index in [0.29, 0.717) is 0 Å². The van der Waals surface area contributed by atoms with Gasteiger partial charge in [0, 0.05) is 0 Å². The normalized spacial score (nSPS) is 20.4. The largest absolute Gasteiger partial charge is 0.0636 e. The molecule has 9 aromatic carbocycles. The second-order valence-corrected chi connectivity index (χ2v) is 9.00. The molecule has 0 aliphatic carbocycles. The van der Waals surface area contributed by atoms with Crippen molar-refractivity contribution in [3.63, 3.8) is 0 Å². The first-order valence-corrected chi connectivity index (χ1v) is 12.0. The summed E-state index contributed by atoms with van der Waals surface area (Å²) < 4.78 is 215. The molecule has 0 unspecified atom stereocenters. The number of rotatable bonds is 2. The van der Waals surface area contributed by atoms with Crippen molar-refractivity contribution < 1.29 is 32.9 Å². The van der Waals surface area contributed by atoms with Crippen LogP contribution < -0.4 is 0 Å². The zero-order chi connectivity index (χ0) is 47.1. The van der Waals surface area contributed by atoms with E-state index in [1.165, 1.54) is 0 Å². The molecule has 0 aliphatic rings. The van der Waals surface area contributed by atoms with Crippen LogP contribution in [-0.2, 0) is 0 Å². The van der Waals surface area contributed by atoms with Crippen molar-refractivity contribution in [1.82, 2.24) is 0 Å². The predicted octanol–water partition coefficient (Wildman–Crippen LogP) is 11.4. The molecule has 0 atom stereocenters. The van der Waals surface area contributed by atoms with Crippen molar-refractivity contribution in [3.05, 3.63) is 145 Å². The molecule has 0 nitrogen and oxygen atoms in total. The molecule has 184 valence electrons. The van der Waals surface area contributed by atoms with Gasteiger partial charge in [-0.25, -0.2) is 0 Å². The van der Waals surface area contributed by atoms with Crippen LogP contribution in [0.3, 0.4) is 0 Å². The minimum atomic E-state index is -0.904. The summed E-state index contributed by atoms with van der Waals surface area (Å²) in [6, 6.07) is -19.9. The molecule has 0 heteroatoms. The van der Waals surface area contributed by atoms with E-state index in [0.717, 1.165) is 0 Å². The monoisotopic (exact) mass is 528 g/mol. The summed E-state index contributed by atoms with van der Waals surface area (Å²) in [5, 5.41) is -6.06. The van der Waals surface area contributed by atoms with E-state index in [2.05, 4.69) is 0 Å². The lowest BCUT2D eigenvalue weighted by Crippen LogP contribution is -1.91. The first kappa shape index (κ1) is 8.91. The lowest BCUT2D eigenvalue weighted by atomic mass is 9.84. The van der Waals surface area contributed by atoms with Crippen LogP contribution in [0.2, 0.25) is 0 Å². The molecule has 0 bridgehead atoms. The third-order valence-corrected chi connectivity index (χ3v) is 6.94. The van der Waals surface area contributed by atoms with Gasteiger partial charge in [0.2, 0.25) is 0 Å². The van der Waals surface area contributed by atoms with Gasteiger partial charge in [-0.1, -0.05) is 139 Å². The highest BCUT2D eigenvalue weighted by Gasteiger charge is 2.18.